The zero-order valence-corrected chi connectivity index (χ0v) is 18.4. The van der Waals surface area contributed by atoms with E-state index >= 15 is 0 Å². The van der Waals surface area contributed by atoms with Crippen molar-refractivity contribution in [3.63, 3.8) is 0 Å². The van der Waals surface area contributed by atoms with Crippen LogP contribution in [-0.2, 0) is 9.59 Å². The van der Waals surface area contributed by atoms with Gasteiger partial charge < -0.3 is 10.1 Å². The van der Waals surface area contributed by atoms with Gasteiger partial charge >= 0.3 is 0 Å². The molecule has 0 atom stereocenters. The van der Waals surface area contributed by atoms with Crippen LogP contribution in [0.4, 0.5) is 10.5 Å². The fourth-order valence-electron chi connectivity index (χ4n) is 2.57. The van der Waals surface area contributed by atoms with E-state index in [1.165, 1.54) is 0 Å². The van der Waals surface area contributed by atoms with Gasteiger partial charge in [-0.3, -0.25) is 19.3 Å². The van der Waals surface area contributed by atoms with Gasteiger partial charge in [-0.05, 0) is 76.6 Å². The van der Waals surface area contributed by atoms with E-state index in [-0.39, 0.29) is 11.4 Å². The zero-order chi connectivity index (χ0) is 21.0. The quantitative estimate of drug-likeness (QED) is 0.559. The van der Waals surface area contributed by atoms with E-state index in [0.717, 1.165) is 22.2 Å². The van der Waals surface area contributed by atoms with E-state index < -0.39 is 17.1 Å². The van der Waals surface area contributed by atoms with Crippen LogP contribution in [0.1, 0.15) is 12.5 Å². The predicted molar refractivity (Wildman–Crippen MR) is 118 cm³/mol. The molecule has 0 saturated carbocycles. The lowest BCUT2D eigenvalue weighted by Gasteiger charge is -2.12. The largest absolute Gasteiger partial charge is 0.494 e. The van der Waals surface area contributed by atoms with Crippen molar-refractivity contribution < 1.29 is 19.1 Å². The van der Waals surface area contributed by atoms with Crippen molar-refractivity contribution >= 4 is 68.1 Å². The highest BCUT2D eigenvalue weighted by Gasteiger charge is 2.36. The first-order valence-electron chi connectivity index (χ1n) is 8.60. The maximum absolute atomic E-state index is 12.6. The van der Waals surface area contributed by atoms with Crippen LogP contribution in [0.5, 0.6) is 5.75 Å². The van der Waals surface area contributed by atoms with Crippen molar-refractivity contribution in [3.05, 3.63) is 62.4 Å². The van der Waals surface area contributed by atoms with E-state index in [9.17, 15) is 14.4 Å². The van der Waals surface area contributed by atoms with Gasteiger partial charge in [0.15, 0.2) is 0 Å². The Morgan fingerprint density at radius 2 is 2.07 bits per heavy atom. The Kier molecular flexibility index (Phi) is 7.00. The molecule has 0 spiro atoms. The van der Waals surface area contributed by atoms with Gasteiger partial charge in [0.1, 0.15) is 12.3 Å². The average Bonchev–Trinajstić information content (AvgIpc) is 2.93. The molecule has 1 saturated heterocycles. The Morgan fingerprint density at radius 3 is 2.79 bits per heavy atom. The number of hydrogen-bond donors (Lipinski definition) is 1. The number of ether oxygens (including phenoxy) is 1. The molecule has 1 aliphatic rings. The molecule has 0 aromatic heterocycles. The third-order valence-corrected chi connectivity index (χ3v) is 5.99. The summed E-state index contributed by atoms with van der Waals surface area (Å²) in [4.78, 5) is 38.3. The molecule has 1 N–H and O–H groups in total. The zero-order valence-electron chi connectivity index (χ0n) is 15.3. The number of amides is 3. The molecule has 1 aliphatic heterocycles. The third kappa shape index (κ3) is 5.41. The molecule has 0 bridgehead atoms. The first-order valence-corrected chi connectivity index (χ1v) is 10.6. The van der Waals surface area contributed by atoms with Crippen LogP contribution >= 0.6 is 39.3 Å². The number of rotatable bonds is 6. The van der Waals surface area contributed by atoms with Crippen molar-refractivity contribution in [1.82, 2.24) is 4.90 Å². The minimum Gasteiger partial charge on any atom is -0.494 e. The van der Waals surface area contributed by atoms with Gasteiger partial charge in [-0.15, -0.1) is 0 Å². The lowest BCUT2D eigenvalue weighted by molar-refractivity contribution is -0.127. The molecule has 1 fully saturated rings. The number of benzene rings is 2. The molecule has 2 aromatic rings. The maximum atomic E-state index is 12.6. The summed E-state index contributed by atoms with van der Waals surface area (Å²) in [6.07, 6.45) is 1.61. The molecule has 9 heteroatoms. The molecule has 3 rings (SSSR count). The lowest BCUT2D eigenvalue weighted by Crippen LogP contribution is -2.36. The summed E-state index contributed by atoms with van der Waals surface area (Å²) < 4.78 is 6.14. The summed E-state index contributed by atoms with van der Waals surface area (Å²) in [7, 11) is 0. The number of halogens is 2. The number of thioether (sulfide) groups is 1. The second-order valence-electron chi connectivity index (χ2n) is 5.95. The van der Waals surface area contributed by atoms with E-state index in [0.29, 0.717) is 27.5 Å². The van der Waals surface area contributed by atoms with Gasteiger partial charge in [0.25, 0.3) is 11.1 Å². The summed E-state index contributed by atoms with van der Waals surface area (Å²) in [5.41, 5.74) is 1.20. The molecule has 29 heavy (non-hydrogen) atoms. The Hall–Kier alpha value is -2.29. The number of carbonyl (C=O) groups excluding carboxylic acids is 3. The number of imide groups is 1. The Labute approximate surface area is 185 Å². The topological polar surface area (TPSA) is 75.7 Å². The Bertz CT molecular complexity index is 1010. The van der Waals surface area contributed by atoms with Crippen molar-refractivity contribution in [1.29, 1.82) is 0 Å². The second-order valence-corrected chi connectivity index (χ2v) is 8.21. The number of hydrogen-bond acceptors (Lipinski definition) is 5. The summed E-state index contributed by atoms with van der Waals surface area (Å²) in [6.45, 7) is 2.03. The minimum atomic E-state index is -0.509. The van der Waals surface area contributed by atoms with E-state index in [4.69, 9.17) is 16.3 Å². The highest BCUT2D eigenvalue weighted by molar-refractivity contribution is 9.10. The SMILES string of the molecule is CCOc1cccc(/C=C2\SC(=O)N(CC(=O)Nc3ccc(Br)c(Cl)c3)C2=O)c1. The summed E-state index contributed by atoms with van der Waals surface area (Å²) in [5.74, 6) is -0.330. The maximum Gasteiger partial charge on any atom is 0.294 e. The first kappa shape index (κ1) is 21.4. The summed E-state index contributed by atoms with van der Waals surface area (Å²) >= 11 is 10.1. The van der Waals surface area contributed by atoms with Gasteiger partial charge in [-0.25, -0.2) is 0 Å². The monoisotopic (exact) mass is 494 g/mol. The van der Waals surface area contributed by atoms with Crippen molar-refractivity contribution in [2.75, 3.05) is 18.5 Å². The Balaban J connectivity index is 1.69. The van der Waals surface area contributed by atoms with Crippen LogP contribution in [0, 0.1) is 0 Å². The van der Waals surface area contributed by atoms with Crippen LogP contribution in [0.15, 0.2) is 51.8 Å². The van der Waals surface area contributed by atoms with Crippen LogP contribution in [-0.4, -0.2) is 35.1 Å². The normalized spacial score (nSPS) is 15.1. The molecular formula is C20H16BrClN2O4S. The molecule has 2 aromatic carbocycles. The van der Waals surface area contributed by atoms with Crippen LogP contribution in [0.2, 0.25) is 5.02 Å². The summed E-state index contributed by atoms with van der Waals surface area (Å²) in [5, 5.41) is 2.57. The summed E-state index contributed by atoms with van der Waals surface area (Å²) in [6, 6.07) is 12.1. The van der Waals surface area contributed by atoms with Gasteiger partial charge in [0.05, 0.1) is 16.5 Å². The van der Waals surface area contributed by atoms with Gasteiger partial charge in [-0.2, -0.15) is 0 Å². The molecule has 0 unspecified atom stereocenters. The molecule has 0 aliphatic carbocycles. The smallest absolute Gasteiger partial charge is 0.294 e. The minimum absolute atomic E-state index is 0.253. The Morgan fingerprint density at radius 1 is 1.28 bits per heavy atom. The van der Waals surface area contributed by atoms with E-state index in [1.807, 2.05) is 13.0 Å². The molecular weight excluding hydrogens is 480 g/mol. The van der Waals surface area contributed by atoms with Crippen LogP contribution in [0.3, 0.4) is 0 Å². The molecule has 1 heterocycles. The van der Waals surface area contributed by atoms with E-state index in [1.54, 1.807) is 42.5 Å². The van der Waals surface area contributed by atoms with Crippen LogP contribution < -0.4 is 10.1 Å². The van der Waals surface area contributed by atoms with Crippen molar-refractivity contribution in [2.45, 2.75) is 6.92 Å². The van der Waals surface area contributed by atoms with Gasteiger partial charge in [0, 0.05) is 10.2 Å². The highest BCUT2D eigenvalue weighted by atomic mass is 79.9. The average molecular weight is 496 g/mol. The molecule has 0 radical (unpaired) electrons. The van der Waals surface area contributed by atoms with Crippen LogP contribution in [0.25, 0.3) is 6.08 Å². The fraction of sp³-hybridized carbons (Fsp3) is 0.150. The predicted octanol–water partition coefficient (Wildman–Crippen LogP) is 5.18. The standard InChI is InChI=1S/C20H16BrClN2O4S/c1-2-28-14-5-3-4-12(8-14)9-17-19(26)24(20(27)29-17)11-18(25)23-13-6-7-15(21)16(22)10-13/h3-10H,2,11H2,1H3,(H,23,25)/b17-9-. The number of anilines is 1. The first-order chi connectivity index (χ1) is 13.9. The van der Waals surface area contributed by atoms with Crippen molar-refractivity contribution in [2.24, 2.45) is 0 Å². The fourth-order valence-corrected chi connectivity index (χ4v) is 3.83. The third-order valence-electron chi connectivity index (χ3n) is 3.85. The van der Waals surface area contributed by atoms with E-state index in [2.05, 4.69) is 21.2 Å². The lowest BCUT2D eigenvalue weighted by atomic mass is 10.2. The molecule has 3 amide bonds. The highest BCUT2D eigenvalue weighted by Crippen LogP contribution is 2.32. The number of nitrogens with zero attached hydrogens (tertiary/aromatic N) is 1. The molecule has 150 valence electrons. The van der Waals surface area contributed by atoms with Gasteiger partial charge in [0.2, 0.25) is 5.91 Å². The molecule has 6 nitrogen and oxygen atoms in total. The van der Waals surface area contributed by atoms with Crippen molar-refractivity contribution in [3.8, 4) is 5.75 Å². The second kappa shape index (κ2) is 9.47. The van der Waals surface area contributed by atoms with Gasteiger partial charge in [-0.1, -0.05) is 23.7 Å². The number of carbonyl (C=O) groups is 3. The number of nitrogens with one attached hydrogen (secondary N) is 1.